The summed E-state index contributed by atoms with van der Waals surface area (Å²) >= 11 is 0. The molecule has 1 aromatic carbocycles. The number of nitrogens with zero attached hydrogens (tertiary/aromatic N) is 2. The van der Waals surface area contributed by atoms with Crippen LogP contribution in [0.5, 0.6) is 11.5 Å². The lowest BCUT2D eigenvalue weighted by Crippen LogP contribution is -2.30. The van der Waals surface area contributed by atoms with Crippen molar-refractivity contribution in [2.75, 3.05) is 19.7 Å². The van der Waals surface area contributed by atoms with Crippen LogP contribution < -0.4 is 10.5 Å². The fraction of sp³-hybridized carbons (Fsp3) is 0.481. The van der Waals surface area contributed by atoms with E-state index in [0.717, 1.165) is 30.5 Å². The van der Waals surface area contributed by atoms with Crippen molar-refractivity contribution in [1.29, 1.82) is 5.41 Å². The number of halogens is 3. The van der Waals surface area contributed by atoms with Crippen molar-refractivity contribution in [3.8, 4) is 11.5 Å². The molecular formula is C27H35F3N4O5. The van der Waals surface area contributed by atoms with Gasteiger partial charge in [0.15, 0.2) is 17.3 Å². The number of ketones is 1. The van der Waals surface area contributed by atoms with E-state index in [1.54, 1.807) is 17.0 Å². The van der Waals surface area contributed by atoms with Crippen LogP contribution in [0.2, 0.25) is 0 Å². The number of carbonyl (C=O) groups is 2. The number of hydrogen-bond acceptors (Lipinski definition) is 7. The van der Waals surface area contributed by atoms with Crippen molar-refractivity contribution < 1.29 is 37.7 Å². The molecule has 0 aliphatic carbocycles. The molecule has 0 radical (unpaired) electrons. The maximum Gasteiger partial charge on any atom is 0.490 e. The normalized spacial score (nSPS) is 13.0. The smallest absolute Gasteiger partial charge is 0.490 e. The average molecular weight is 553 g/mol. The number of alkyl halides is 3. The first-order valence-corrected chi connectivity index (χ1v) is 12.5. The lowest BCUT2D eigenvalue weighted by atomic mass is 9.84. The zero-order chi connectivity index (χ0) is 29.5. The molecule has 2 aromatic rings. The van der Waals surface area contributed by atoms with Crippen molar-refractivity contribution in [3.05, 3.63) is 52.3 Å². The Kier molecular flexibility index (Phi) is 10.5. The summed E-state index contributed by atoms with van der Waals surface area (Å²) in [5.41, 5.74) is 8.85. The maximum absolute atomic E-state index is 13.2. The van der Waals surface area contributed by atoms with Crippen molar-refractivity contribution in [2.45, 2.75) is 65.1 Å². The Bertz CT molecular complexity index is 1210. The summed E-state index contributed by atoms with van der Waals surface area (Å²) in [6.07, 6.45) is -2.68. The van der Waals surface area contributed by atoms with Gasteiger partial charge in [0.2, 0.25) is 0 Å². The molecule has 1 aliphatic heterocycles. The number of ether oxygens (including phenoxy) is 1. The number of carboxylic acids is 1. The van der Waals surface area contributed by atoms with Gasteiger partial charge in [-0.05, 0) is 49.4 Å². The zero-order valence-corrected chi connectivity index (χ0v) is 22.5. The molecule has 12 heteroatoms. The number of carbonyl (C=O) groups excluding carboxylic acids is 1. The molecule has 5 N–H and O–H groups in total. The predicted octanol–water partition coefficient (Wildman–Crippen LogP) is 4.42. The fourth-order valence-electron chi connectivity index (χ4n) is 3.77. The van der Waals surface area contributed by atoms with Crippen LogP contribution in [-0.2, 0) is 23.2 Å². The van der Waals surface area contributed by atoms with Crippen molar-refractivity contribution in [3.63, 3.8) is 0 Å². The second-order valence-corrected chi connectivity index (χ2v) is 10.1. The Hall–Kier alpha value is -3.67. The summed E-state index contributed by atoms with van der Waals surface area (Å²) in [5.74, 6) is -2.23. The van der Waals surface area contributed by atoms with E-state index in [0.29, 0.717) is 42.3 Å². The SMILES string of the molecule is CCc1ccc2c(n1)C(=N)N(CC(=O)c1cc(OCCCCN)c(O)c(C(C)(C)C)c1)C2.O=C(O)C(F)(F)F. The van der Waals surface area contributed by atoms with Crippen LogP contribution in [0.25, 0.3) is 0 Å². The van der Waals surface area contributed by atoms with Gasteiger partial charge in [-0.1, -0.05) is 33.8 Å². The van der Waals surface area contributed by atoms with Gasteiger partial charge in [0, 0.05) is 28.9 Å². The first kappa shape index (κ1) is 31.5. The highest BCUT2D eigenvalue weighted by Crippen LogP contribution is 2.39. The van der Waals surface area contributed by atoms with E-state index in [9.17, 15) is 23.1 Å². The topological polar surface area (TPSA) is 150 Å². The van der Waals surface area contributed by atoms with Gasteiger partial charge in [-0.2, -0.15) is 13.2 Å². The number of pyridine rings is 1. The summed E-state index contributed by atoms with van der Waals surface area (Å²) in [5, 5.41) is 26.4. The molecule has 0 fully saturated rings. The van der Waals surface area contributed by atoms with Crippen LogP contribution in [0.4, 0.5) is 13.2 Å². The number of hydrogen-bond donors (Lipinski definition) is 4. The molecule has 39 heavy (non-hydrogen) atoms. The quantitative estimate of drug-likeness (QED) is 0.264. The number of unbranched alkanes of at least 4 members (excludes halogenated alkanes) is 1. The number of nitrogens with one attached hydrogen (secondary N) is 1. The molecule has 0 amide bonds. The van der Waals surface area contributed by atoms with Gasteiger partial charge < -0.3 is 25.6 Å². The molecule has 0 atom stereocenters. The Balaban J connectivity index is 0.000000673. The lowest BCUT2D eigenvalue weighted by Gasteiger charge is -2.24. The number of amidine groups is 1. The average Bonchev–Trinajstić information content (AvgIpc) is 3.15. The minimum absolute atomic E-state index is 0.0671. The molecule has 0 saturated heterocycles. The number of aromatic nitrogens is 1. The number of aryl methyl sites for hydroxylation is 1. The second kappa shape index (κ2) is 12.9. The van der Waals surface area contributed by atoms with E-state index in [1.165, 1.54) is 0 Å². The molecule has 214 valence electrons. The van der Waals surface area contributed by atoms with Crippen LogP contribution in [-0.4, -0.2) is 63.6 Å². The van der Waals surface area contributed by atoms with Gasteiger partial charge in [-0.3, -0.25) is 10.2 Å². The number of rotatable bonds is 9. The number of phenols is 1. The predicted molar refractivity (Wildman–Crippen MR) is 139 cm³/mol. The van der Waals surface area contributed by atoms with Gasteiger partial charge >= 0.3 is 12.1 Å². The summed E-state index contributed by atoms with van der Waals surface area (Å²) in [7, 11) is 0. The lowest BCUT2D eigenvalue weighted by molar-refractivity contribution is -0.192. The highest BCUT2D eigenvalue weighted by Gasteiger charge is 2.38. The van der Waals surface area contributed by atoms with Crippen molar-refractivity contribution >= 4 is 17.6 Å². The summed E-state index contributed by atoms with van der Waals surface area (Å²) in [6.45, 7) is 9.54. The van der Waals surface area contributed by atoms with Crippen molar-refractivity contribution in [2.24, 2.45) is 5.73 Å². The largest absolute Gasteiger partial charge is 0.504 e. The molecule has 0 spiro atoms. The summed E-state index contributed by atoms with van der Waals surface area (Å²) < 4.78 is 37.5. The number of fused-ring (bicyclic) bond motifs is 1. The van der Waals surface area contributed by atoms with Gasteiger partial charge in [0.05, 0.1) is 13.2 Å². The minimum Gasteiger partial charge on any atom is -0.504 e. The molecule has 0 bridgehead atoms. The third-order valence-electron chi connectivity index (χ3n) is 5.94. The van der Waals surface area contributed by atoms with Gasteiger partial charge in [-0.15, -0.1) is 0 Å². The summed E-state index contributed by atoms with van der Waals surface area (Å²) in [6, 6.07) is 7.31. The van der Waals surface area contributed by atoms with E-state index in [1.807, 2.05) is 39.8 Å². The van der Waals surface area contributed by atoms with Crippen LogP contribution in [0.3, 0.4) is 0 Å². The molecule has 1 aromatic heterocycles. The molecule has 0 saturated carbocycles. The molecular weight excluding hydrogens is 517 g/mol. The highest BCUT2D eigenvalue weighted by molar-refractivity contribution is 6.04. The Morgan fingerprint density at radius 1 is 1.18 bits per heavy atom. The third kappa shape index (κ3) is 8.41. The molecule has 9 nitrogen and oxygen atoms in total. The van der Waals surface area contributed by atoms with Gasteiger partial charge in [0.25, 0.3) is 0 Å². The first-order chi connectivity index (χ1) is 18.1. The minimum atomic E-state index is -5.08. The van der Waals surface area contributed by atoms with E-state index < -0.39 is 12.1 Å². The van der Waals surface area contributed by atoms with Crippen LogP contribution in [0, 0.1) is 5.41 Å². The third-order valence-corrected chi connectivity index (χ3v) is 5.94. The standard InChI is InChI=1S/C25H34N4O3.C2HF3O2/c1-5-18-9-8-16-14-29(24(27)22(16)28-18)15-20(30)17-12-19(25(2,3)4)23(31)21(13-17)32-11-7-6-10-26;3-2(4,5)1(6)7/h8-9,12-13,27,31H,5-7,10-11,14-15,26H2,1-4H3;(H,6,7). The van der Waals surface area contributed by atoms with Gasteiger partial charge in [0.1, 0.15) is 11.5 Å². The number of aliphatic carboxylic acids is 1. The molecule has 1 aliphatic rings. The Morgan fingerprint density at radius 3 is 2.36 bits per heavy atom. The number of nitrogens with two attached hydrogens (primary N) is 1. The highest BCUT2D eigenvalue weighted by atomic mass is 19.4. The number of benzene rings is 1. The Morgan fingerprint density at radius 2 is 1.82 bits per heavy atom. The number of carboxylic acid groups (broad SMARTS) is 1. The molecule has 0 unspecified atom stereocenters. The number of Topliss-reactive ketones (excluding diaryl/α,β-unsaturated/α-hetero) is 1. The molecule has 3 rings (SSSR count). The first-order valence-electron chi connectivity index (χ1n) is 12.5. The van der Waals surface area contributed by atoms with Gasteiger partial charge in [-0.25, -0.2) is 9.78 Å². The van der Waals surface area contributed by atoms with Crippen LogP contribution in [0.1, 0.15) is 73.4 Å². The van der Waals surface area contributed by atoms with E-state index in [2.05, 4.69) is 4.98 Å². The van der Waals surface area contributed by atoms with E-state index in [-0.39, 0.29) is 29.3 Å². The van der Waals surface area contributed by atoms with E-state index in [4.69, 9.17) is 25.8 Å². The molecule has 2 heterocycles. The summed E-state index contributed by atoms with van der Waals surface area (Å²) in [4.78, 5) is 28.4. The maximum atomic E-state index is 13.2. The zero-order valence-electron chi connectivity index (χ0n) is 22.5. The number of aromatic hydroxyl groups is 1. The van der Waals surface area contributed by atoms with Crippen LogP contribution in [0.15, 0.2) is 24.3 Å². The Labute approximate surface area is 225 Å². The second-order valence-electron chi connectivity index (χ2n) is 10.1. The monoisotopic (exact) mass is 552 g/mol. The van der Waals surface area contributed by atoms with Crippen molar-refractivity contribution in [1.82, 2.24) is 9.88 Å². The van der Waals surface area contributed by atoms with Crippen LogP contribution >= 0.6 is 0 Å². The fourth-order valence-corrected chi connectivity index (χ4v) is 3.77. The van der Waals surface area contributed by atoms with E-state index >= 15 is 0 Å². The number of phenolic OH excluding ortho intramolecular Hbond substituents is 1.